The van der Waals surface area contributed by atoms with Crippen molar-refractivity contribution in [1.29, 1.82) is 0 Å². The van der Waals surface area contributed by atoms with E-state index in [2.05, 4.69) is 25.3 Å². The van der Waals surface area contributed by atoms with Gasteiger partial charge in [-0.3, -0.25) is 29.1 Å². The summed E-state index contributed by atoms with van der Waals surface area (Å²) in [5.41, 5.74) is 8.14. The van der Waals surface area contributed by atoms with Crippen molar-refractivity contribution >= 4 is 45.4 Å². The Labute approximate surface area is 304 Å². The zero-order valence-corrected chi connectivity index (χ0v) is 29.5. The van der Waals surface area contributed by atoms with Crippen LogP contribution < -0.4 is 11.1 Å². The minimum absolute atomic E-state index is 0.142. The number of carbonyl (C=O) groups excluding carboxylic acids is 4. The maximum Gasteiger partial charge on any atom is 0.272 e. The van der Waals surface area contributed by atoms with E-state index in [9.17, 15) is 23.6 Å². The molecule has 12 nitrogen and oxygen atoms in total. The number of aromatic nitrogens is 4. The van der Waals surface area contributed by atoms with E-state index >= 15 is 0 Å². The average molecular weight is 715 g/mol. The van der Waals surface area contributed by atoms with Gasteiger partial charge in [0.05, 0.1) is 12.1 Å². The fourth-order valence-electron chi connectivity index (χ4n) is 7.02. The molecule has 0 spiro atoms. The molecule has 4 aromatic heterocycles. The molecule has 8 rings (SSSR count). The summed E-state index contributed by atoms with van der Waals surface area (Å²) < 4.78 is 14.1. The van der Waals surface area contributed by atoms with Crippen molar-refractivity contribution in [2.75, 3.05) is 13.1 Å². The Morgan fingerprint density at radius 2 is 1.45 bits per heavy atom. The largest absolute Gasteiger partial charge is 0.364 e. The Kier molecular flexibility index (Phi) is 9.25. The van der Waals surface area contributed by atoms with Crippen LogP contribution in [0.25, 0.3) is 33.1 Å². The van der Waals surface area contributed by atoms with Gasteiger partial charge < -0.3 is 30.8 Å². The van der Waals surface area contributed by atoms with Gasteiger partial charge in [0, 0.05) is 52.9 Å². The second kappa shape index (κ2) is 14.0. The molecule has 270 valence electrons. The third kappa shape index (κ3) is 7.10. The van der Waals surface area contributed by atoms with Gasteiger partial charge in [0.15, 0.2) is 0 Å². The summed E-state index contributed by atoms with van der Waals surface area (Å²) in [6.45, 7) is 6.56. The number of pyridine rings is 2. The second-order valence-corrected chi connectivity index (χ2v) is 14.4. The van der Waals surface area contributed by atoms with Crippen LogP contribution in [0.5, 0.6) is 0 Å². The first-order valence-electron chi connectivity index (χ1n) is 17.3. The normalized spacial score (nSPS) is 17.1. The highest BCUT2D eigenvalue weighted by Crippen LogP contribution is 2.34. The van der Waals surface area contributed by atoms with Crippen molar-refractivity contribution in [3.8, 4) is 11.3 Å². The summed E-state index contributed by atoms with van der Waals surface area (Å²) in [5.74, 6) is -1.60. The van der Waals surface area contributed by atoms with Crippen LogP contribution in [0.15, 0.2) is 97.3 Å². The molecule has 5 N–H and O–H groups in total. The van der Waals surface area contributed by atoms with Crippen molar-refractivity contribution < 1.29 is 23.6 Å². The van der Waals surface area contributed by atoms with Crippen LogP contribution in [0, 0.1) is 11.2 Å². The Bertz CT molecular complexity index is 2280. The molecule has 2 aliphatic heterocycles. The number of amides is 4. The lowest BCUT2D eigenvalue weighted by molar-refractivity contribution is -0.138. The zero-order valence-electron chi connectivity index (χ0n) is 29.5. The predicted molar refractivity (Wildman–Crippen MR) is 198 cm³/mol. The number of hydrogen-bond acceptors (Lipinski definition) is 6. The molecule has 13 heteroatoms. The maximum absolute atomic E-state index is 14.1. The number of hydrogen-bond donors (Lipinski definition) is 4. The lowest BCUT2D eigenvalue weighted by atomic mass is 9.85. The molecule has 3 atom stereocenters. The Balaban J connectivity index is 0.000000306. The number of aromatic amines is 2. The zero-order chi connectivity index (χ0) is 37.4. The molecule has 53 heavy (non-hydrogen) atoms. The number of primary amides is 1. The molecule has 0 saturated carbocycles. The Hall–Kier alpha value is -6.37. The van der Waals surface area contributed by atoms with Crippen LogP contribution in [0.2, 0.25) is 0 Å². The van der Waals surface area contributed by atoms with Crippen LogP contribution in [0.4, 0.5) is 4.39 Å². The molecule has 2 bridgehead atoms. The fourth-order valence-corrected chi connectivity index (χ4v) is 7.02. The van der Waals surface area contributed by atoms with Crippen molar-refractivity contribution in [3.63, 3.8) is 0 Å². The van der Waals surface area contributed by atoms with E-state index in [0.29, 0.717) is 36.5 Å². The minimum Gasteiger partial charge on any atom is -0.364 e. The number of rotatable bonds is 6. The van der Waals surface area contributed by atoms with Gasteiger partial charge in [0.25, 0.3) is 17.7 Å². The fraction of sp³-hybridized carbons (Fsp3) is 0.250. The molecule has 6 aromatic rings. The molecule has 2 aliphatic rings. The summed E-state index contributed by atoms with van der Waals surface area (Å²) >= 11 is 0. The van der Waals surface area contributed by atoms with E-state index in [1.807, 2.05) is 69.3 Å². The number of benzene rings is 2. The number of para-hydroxylation sites is 2. The molecule has 2 saturated heterocycles. The number of piperazine rings is 1. The third-order valence-corrected chi connectivity index (χ3v) is 9.76. The summed E-state index contributed by atoms with van der Waals surface area (Å²) in [4.78, 5) is 69.0. The van der Waals surface area contributed by atoms with Gasteiger partial charge in [-0.1, -0.05) is 57.2 Å². The van der Waals surface area contributed by atoms with Crippen molar-refractivity contribution in [1.82, 2.24) is 35.1 Å². The highest BCUT2D eigenvalue weighted by atomic mass is 19.1. The van der Waals surface area contributed by atoms with Gasteiger partial charge in [-0.25, -0.2) is 4.39 Å². The standard InChI is InChI=1S/C31H31FN6O3.C9H8N2O/c1-31(2,3)27(36-28(39)25-13-18-7-4-5-9-23(18)35-25)30(41)38-17-20-14-21(38)16-37(20)29(40)24-11-10-19(15-34-24)26-22(32)8-6-12-33-26;10-9(12)8-5-6-3-1-2-4-7(6)11-8/h4-13,15,20-21,27,35H,14,16-17H2,1-3H3,(H,36,39);1-5,11H,(H2,10,12)/t20-,21-,27+;/m0./s1. The Morgan fingerprint density at radius 3 is 2.02 bits per heavy atom. The highest BCUT2D eigenvalue weighted by molar-refractivity contribution is 6.01. The van der Waals surface area contributed by atoms with E-state index < -0.39 is 23.2 Å². The number of H-pyrrole nitrogens is 2. The van der Waals surface area contributed by atoms with E-state index in [4.69, 9.17) is 5.73 Å². The van der Waals surface area contributed by atoms with Crippen molar-refractivity contribution in [2.24, 2.45) is 11.1 Å². The number of nitrogens with one attached hydrogen (secondary N) is 3. The van der Waals surface area contributed by atoms with Crippen molar-refractivity contribution in [2.45, 2.75) is 45.3 Å². The molecule has 2 fully saturated rings. The molecule has 0 aliphatic carbocycles. The summed E-state index contributed by atoms with van der Waals surface area (Å²) in [5, 5.41) is 4.90. The number of carbonyl (C=O) groups is 4. The van der Waals surface area contributed by atoms with E-state index in [1.165, 1.54) is 24.5 Å². The molecular formula is C40H39FN8O4. The van der Waals surface area contributed by atoms with Crippen LogP contribution in [-0.4, -0.2) is 84.6 Å². The van der Waals surface area contributed by atoms with E-state index in [-0.39, 0.29) is 41.2 Å². The van der Waals surface area contributed by atoms with E-state index in [1.54, 1.807) is 34.1 Å². The van der Waals surface area contributed by atoms with Gasteiger partial charge in [-0.05, 0) is 60.4 Å². The summed E-state index contributed by atoms with van der Waals surface area (Å²) in [7, 11) is 0. The predicted octanol–water partition coefficient (Wildman–Crippen LogP) is 5.30. The third-order valence-electron chi connectivity index (χ3n) is 9.76. The topological polar surface area (TPSA) is 170 Å². The SMILES string of the molecule is CC(C)(C)[C@H](NC(=O)c1cc2ccccc2[nH]1)C(=O)N1C[C@@H]2C[C@H]1CN2C(=O)c1ccc(-c2ncccc2F)cn1.NC(=O)c1cc2ccccc2[nH]1. The molecule has 4 amide bonds. The summed E-state index contributed by atoms with van der Waals surface area (Å²) in [6, 6.07) is 23.8. The molecule has 0 unspecified atom stereocenters. The van der Waals surface area contributed by atoms with Gasteiger partial charge in [-0.2, -0.15) is 0 Å². The van der Waals surface area contributed by atoms with Gasteiger partial charge in [0.1, 0.15) is 34.6 Å². The second-order valence-electron chi connectivity index (χ2n) is 14.4. The van der Waals surface area contributed by atoms with E-state index in [0.717, 1.165) is 21.8 Å². The molecule has 2 aromatic carbocycles. The number of halogens is 1. The van der Waals surface area contributed by atoms with Crippen LogP contribution in [-0.2, 0) is 4.79 Å². The number of nitrogens with zero attached hydrogens (tertiary/aromatic N) is 4. The Morgan fingerprint density at radius 1 is 0.830 bits per heavy atom. The first-order chi connectivity index (χ1) is 25.4. The maximum atomic E-state index is 14.1. The summed E-state index contributed by atoms with van der Waals surface area (Å²) in [6.07, 6.45) is 3.62. The quantitative estimate of drug-likeness (QED) is 0.183. The van der Waals surface area contributed by atoms with Gasteiger partial charge in [0.2, 0.25) is 5.91 Å². The highest BCUT2D eigenvalue weighted by Gasteiger charge is 2.50. The molecule has 0 radical (unpaired) electrons. The van der Waals surface area contributed by atoms with Gasteiger partial charge in [-0.15, -0.1) is 0 Å². The molecule has 6 heterocycles. The van der Waals surface area contributed by atoms with Crippen LogP contribution in [0.1, 0.15) is 58.7 Å². The van der Waals surface area contributed by atoms with Gasteiger partial charge >= 0.3 is 0 Å². The number of fused-ring (bicyclic) bond motifs is 4. The van der Waals surface area contributed by atoms with Crippen molar-refractivity contribution in [3.05, 3.63) is 120 Å². The minimum atomic E-state index is -0.744. The first kappa shape index (κ1) is 35.1. The molecular weight excluding hydrogens is 675 g/mol. The average Bonchev–Trinajstić information content (AvgIpc) is 3.96. The van der Waals surface area contributed by atoms with Crippen LogP contribution in [0.3, 0.4) is 0 Å². The first-order valence-corrected chi connectivity index (χ1v) is 17.3. The number of nitrogens with two attached hydrogens (primary N) is 1. The monoisotopic (exact) mass is 714 g/mol. The smallest absolute Gasteiger partial charge is 0.272 e. The lowest BCUT2D eigenvalue weighted by Gasteiger charge is -2.39. The lowest BCUT2D eigenvalue weighted by Crippen LogP contribution is -2.59. The van der Waals surface area contributed by atoms with Crippen LogP contribution >= 0.6 is 0 Å². The number of likely N-dealkylation sites (tertiary alicyclic amines) is 2.